The van der Waals surface area contributed by atoms with E-state index in [-0.39, 0.29) is 11.5 Å². The number of para-hydroxylation sites is 1. The van der Waals surface area contributed by atoms with Crippen molar-refractivity contribution in [1.29, 1.82) is 0 Å². The topological polar surface area (TPSA) is 44.5 Å². The Morgan fingerprint density at radius 3 is 2.65 bits per heavy atom. The lowest BCUT2D eigenvalue weighted by molar-refractivity contribution is -0.0894. The highest BCUT2D eigenvalue weighted by molar-refractivity contribution is 6.10. The zero-order chi connectivity index (χ0) is 31.3. The summed E-state index contributed by atoms with van der Waals surface area (Å²) in [4.78, 5) is 10.9. The second-order valence-corrected chi connectivity index (χ2v) is 15.7. The van der Waals surface area contributed by atoms with Gasteiger partial charge in [-0.05, 0) is 126 Å². The molecule has 5 aliphatic rings. The summed E-state index contributed by atoms with van der Waals surface area (Å²) in [5.74, 6) is 1.00. The van der Waals surface area contributed by atoms with E-state index in [1.807, 2.05) is 6.20 Å². The molecule has 4 aliphatic heterocycles. The van der Waals surface area contributed by atoms with Gasteiger partial charge in [-0.2, -0.15) is 0 Å². The van der Waals surface area contributed by atoms with E-state index in [0.29, 0.717) is 17.9 Å². The van der Waals surface area contributed by atoms with E-state index < -0.39 is 5.60 Å². The molecule has 0 radical (unpaired) electrons. The number of fused-ring (bicyclic) bond motifs is 5. The molecule has 1 spiro atoms. The third-order valence-electron chi connectivity index (χ3n) is 12.3. The van der Waals surface area contributed by atoms with Crippen molar-refractivity contribution >= 4 is 27.4 Å². The highest BCUT2D eigenvalue weighted by Crippen LogP contribution is 2.62. The van der Waals surface area contributed by atoms with E-state index in [4.69, 9.17) is 4.98 Å². The zero-order valence-electron chi connectivity index (χ0n) is 28.2. The van der Waals surface area contributed by atoms with E-state index in [0.717, 1.165) is 70.4 Å². The van der Waals surface area contributed by atoms with E-state index in [2.05, 4.69) is 88.9 Å². The van der Waals surface area contributed by atoms with E-state index >= 15 is 0 Å². The van der Waals surface area contributed by atoms with E-state index in [1.54, 1.807) is 0 Å². The number of nitrogens with zero attached hydrogens (tertiary/aromatic N) is 4. The van der Waals surface area contributed by atoms with E-state index in [9.17, 15) is 5.11 Å². The smallest absolute Gasteiger partial charge is 0.0998 e. The maximum Gasteiger partial charge on any atom is 0.0998 e. The molecule has 46 heavy (non-hydrogen) atoms. The molecular formula is C41H54N4O. The first kappa shape index (κ1) is 30.6. The van der Waals surface area contributed by atoms with Crippen LogP contribution in [0.2, 0.25) is 0 Å². The van der Waals surface area contributed by atoms with Gasteiger partial charge in [0.25, 0.3) is 0 Å². The minimum absolute atomic E-state index is 0.00712. The monoisotopic (exact) mass is 618 g/mol. The minimum atomic E-state index is -0.909. The fourth-order valence-electron chi connectivity index (χ4n) is 10.4. The van der Waals surface area contributed by atoms with Gasteiger partial charge in [0.15, 0.2) is 0 Å². The second-order valence-electron chi connectivity index (χ2n) is 15.7. The van der Waals surface area contributed by atoms with Crippen molar-refractivity contribution in [2.45, 2.75) is 109 Å². The Morgan fingerprint density at radius 1 is 0.935 bits per heavy atom. The summed E-state index contributed by atoms with van der Waals surface area (Å²) in [5, 5.41) is 15.9. The van der Waals surface area contributed by atoms with Gasteiger partial charge < -0.3 is 14.6 Å². The normalized spacial score (nSPS) is 35.0. The first-order valence-electron chi connectivity index (χ1n) is 18.6. The Hall–Kier alpha value is -2.73. The summed E-state index contributed by atoms with van der Waals surface area (Å²) in [5.41, 5.74) is 4.12. The Kier molecular flexibility index (Phi) is 8.23. The lowest BCUT2D eigenvalue weighted by Gasteiger charge is -2.58. The molecule has 0 amide bonds. The number of aryl methyl sites for hydroxylation is 1. The second kappa shape index (κ2) is 12.4. The SMILES string of the molecule is CC(C)CCn1c2ccccc2c2ccnc(C3=C[C@@]4(O)CC/C=C\CCCCN5CC[C@@H]3[C@]3(C[C@@H]6/C=C\CCCCN6[C@H]34)C5)c21. The lowest BCUT2D eigenvalue weighted by Crippen LogP contribution is -2.65. The van der Waals surface area contributed by atoms with Crippen LogP contribution in [0.4, 0.5) is 0 Å². The minimum Gasteiger partial charge on any atom is -0.384 e. The first-order valence-corrected chi connectivity index (χ1v) is 18.6. The number of piperidine rings is 1. The van der Waals surface area contributed by atoms with Gasteiger partial charge in [0.05, 0.1) is 22.9 Å². The maximum atomic E-state index is 13.3. The fourth-order valence-corrected chi connectivity index (χ4v) is 10.4. The molecular weight excluding hydrogens is 564 g/mol. The molecule has 5 nitrogen and oxygen atoms in total. The van der Waals surface area contributed by atoms with Crippen LogP contribution in [0.1, 0.15) is 90.2 Å². The van der Waals surface area contributed by atoms with Crippen LogP contribution < -0.4 is 0 Å². The van der Waals surface area contributed by atoms with Crippen molar-refractivity contribution in [3.8, 4) is 0 Å². The quantitative estimate of drug-likeness (QED) is 0.299. The summed E-state index contributed by atoms with van der Waals surface area (Å²) < 4.78 is 2.57. The molecule has 5 heteroatoms. The fraction of sp³-hybridized carbons (Fsp3) is 0.585. The van der Waals surface area contributed by atoms with Crippen molar-refractivity contribution in [2.24, 2.45) is 17.3 Å². The van der Waals surface area contributed by atoms with Crippen molar-refractivity contribution in [2.75, 3.05) is 26.2 Å². The molecule has 3 bridgehead atoms. The number of rotatable bonds is 4. The molecule has 6 heterocycles. The summed E-state index contributed by atoms with van der Waals surface area (Å²) in [6.45, 7) is 10.1. The Labute approximate surface area is 276 Å². The molecule has 3 aromatic rings. The number of benzene rings is 1. The predicted molar refractivity (Wildman–Crippen MR) is 191 cm³/mol. The molecule has 1 aliphatic carbocycles. The van der Waals surface area contributed by atoms with Gasteiger partial charge in [-0.25, -0.2) is 0 Å². The van der Waals surface area contributed by atoms with Crippen LogP contribution in [-0.2, 0) is 6.54 Å². The van der Waals surface area contributed by atoms with Gasteiger partial charge in [0.1, 0.15) is 0 Å². The van der Waals surface area contributed by atoms with Crippen molar-refractivity contribution < 1.29 is 5.11 Å². The van der Waals surface area contributed by atoms with Gasteiger partial charge in [0, 0.05) is 47.0 Å². The Balaban J connectivity index is 1.36. The van der Waals surface area contributed by atoms with Crippen LogP contribution >= 0.6 is 0 Å². The molecule has 6 atom stereocenters. The Morgan fingerprint density at radius 2 is 1.76 bits per heavy atom. The van der Waals surface area contributed by atoms with Gasteiger partial charge in [-0.1, -0.05) is 56.4 Å². The molecule has 2 saturated heterocycles. The lowest BCUT2D eigenvalue weighted by atomic mass is 9.54. The molecule has 2 fully saturated rings. The summed E-state index contributed by atoms with van der Waals surface area (Å²) in [6, 6.07) is 11.7. The Bertz CT molecular complexity index is 1670. The summed E-state index contributed by atoms with van der Waals surface area (Å²) >= 11 is 0. The van der Waals surface area contributed by atoms with Gasteiger partial charge >= 0.3 is 0 Å². The number of allylic oxidation sites excluding steroid dienone is 4. The van der Waals surface area contributed by atoms with Crippen LogP contribution in [0.15, 0.2) is 66.9 Å². The van der Waals surface area contributed by atoms with Gasteiger partial charge in [0.2, 0.25) is 0 Å². The number of hydrogen-bond donors (Lipinski definition) is 1. The molecule has 0 saturated carbocycles. The largest absolute Gasteiger partial charge is 0.384 e. The van der Waals surface area contributed by atoms with Crippen LogP contribution in [0, 0.1) is 17.3 Å². The highest BCUT2D eigenvalue weighted by atomic mass is 16.3. The van der Waals surface area contributed by atoms with E-state index in [1.165, 1.54) is 66.0 Å². The van der Waals surface area contributed by atoms with Crippen molar-refractivity contribution in [3.63, 3.8) is 0 Å². The van der Waals surface area contributed by atoms with Crippen LogP contribution in [0.25, 0.3) is 27.4 Å². The molecule has 1 N–H and O–H groups in total. The maximum absolute atomic E-state index is 13.3. The first-order chi connectivity index (χ1) is 22.5. The number of pyridine rings is 1. The van der Waals surface area contributed by atoms with Crippen LogP contribution in [0.3, 0.4) is 0 Å². The predicted octanol–water partition coefficient (Wildman–Crippen LogP) is 8.38. The average Bonchev–Trinajstić information content (AvgIpc) is 3.52. The van der Waals surface area contributed by atoms with Crippen LogP contribution in [-0.4, -0.2) is 68.3 Å². The third-order valence-corrected chi connectivity index (χ3v) is 12.3. The number of hydrogen-bond acceptors (Lipinski definition) is 4. The molecule has 1 unspecified atom stereocenters. The summed E-state index contributed by atoms with van der Waals surface area (Å²) in [7, 11) is 0. The number of aromatic nitrogens is 2. The van der Waals surface area contributed by atoms with Crippen LogP contribution in [0.5, 0.6) is 0 Å². The standard InChI is InChI=1S/C41H54N4O/c1-30(2)19-26-45-36-17-11-10-16-32(36)33-18-22-42-37(38(33)45)34-28-41(46)21-12-6-3-4-7-13-23-43-25-20-35(34)40(29-43)27-31-15-9-5-8-14-24-44(31)39(40)41/h3,6,9-11,15-18,22,28,30-31,35,39,46H,4-5,7-8,12-14,19-21,23-27,29H2,1-2H3/b6-3-,15-9-/t31-,35-,39+,40-,41-/m0/s1. The van der Waals surface area contributed by atoms with Gasteiger partial charge in [-0.3, -0.25) is 9.88 Å². The van der Waals surface area contributed by atoms with Crippen molar-refractivity contribution in [3.05, 3.63) is 72.6 Å². The van der Waals surface area contributed by atoms with Gasteiger partial charge in [-0.15, -0.1) is 0 Å². The third kappa shape index (κ3) is 5.13. The molecule has 8 rings (SSSR count). The number of aliphatic hydroxyl groups is 1. The molecule has 2 aromatic heterocycles. The highest BCUT2D eigenvalue weighted by Gasteiger charge is 2.65. The zero-order valence-corrected chi connectivity index (χ0v) is 28.2. The molecule has 244 valence electrons. The summed E-state index contributed by atoms with van der Waals surface area (Å²) in [6.07, 6.45) is 26.5. The average molecular weight is 619 g/mol. The van der Waals surface area contributed by atoms with Crippen molar-refractivity contribution in [1.82, 2.24) is 19.4 Å². The molecule has 1 aromatic carbocycles.